The Morgan fingerprint density at radius 1 is 0.889 bits per heavy atom. The molecule has 5 N–H and O–H groups in total. The van der Waals surface area contributed by atoms with Gasteiger partial charge in [-0.05, 0) is 42.3 Å². The molecule has 0 fully saturated rings. The molecule has 3 amide bonds. The van der Waals surface area contributed by atoms with E-state index in [0.29, 0.717) is 42.9 Å². The molecule has 0 bridgehead atoms. The Kier molecular flexibility index (Phi) is 7.51. The van der Waals surface area contributed by atoms with Gasteiger partial charge in [0.25, 0.3) is 11.8 Å². The third-order valence-corrected chi connectivity index (χ3v) is 3.82. The molecule has 0 atom stereocenters. The first-order chi connectivity index (χ1) is 13.0. The van der Waals surface area contributed by atoms with E-state index in [1.54, 1.807) is 36.4 Å². The highest BCUT2D eigenvalue weighted by atomic mass is 16.2. The molecule has 0 saturated carbocycles. The van der Waals surface area contributed by atoms with Gasteiger partial charge in [0, 0.05) is 43.4 Å². The number of benzene rings is 2. The molecule has 142 valence electrons. The second kappa shape index (κ2) is 10.1. The molecule has 0 aromatic heterocycles. The minimum atomic E-state index is -0.231. The van der Waals surface area contributed by atoms with E-state index in [2.05, 4.69) is 16.0 Å². The van der Waals surface area contributed by atoms with E-state index in [9.17, 15) is 14.4 Å². The lowest BCUT2D eigenvalue weighted by Crippen LogP contribution is -2.30. The molecule has 0 unspecified atom stereocenters. The Morgan fingerprint density at radius 3 is 2.11 bits per heavy atom. The van der Waals surface area contributed by atoms with Crippen LogP contribution in [0.5, 0.6) is 0 Å². The maximum Gasteiger partial charge on any atom is 0.251 e. The highest BCUT2D eigenvalue weighted by molar-refractivity contribution is 5.96. The first-order valence-electron chi connectivity index (χ1n) is 8.72. The largest absolute Gasteiger partial charge is 0.352 e. The van der Waals surface area contributed by atoms with E-state index in [-0.39, 0.29) is 17.7 Å². The Balaban J connectivity index is 1.72. The van der Waals surface area contributed by atoms with Crippen molar-refractivity contribution < 1.29 is 14.4 Å². The van der Waals surface area contributed by atoms with Gasteiger partial charge >= 0.3 is 0 Å². The van der Waals surface area contributed by atoms with E-state index in [1.807, 2.05) is 12.1 Å². The summed E-state index contributed by atoms with van der Waals surface area (Å²) >= 11 is 0. The smallest absolute Gasteiger partial charge is 0.251 e. The summed E-state index contributed by atoms with van der Waals surface area (Å²) in [5.41, 5.74) is 8.11. The van der Waals surface area contributed by atoms with Crippen molar-refractivity contribution in [3.8, 4) is 0 Å². The van der Waals surface area contributed by atoms with Gasteiger partial charge in [0.2, 0.25) is 5.91 Å². The van der Waals surface area contributed by atoms with Gasteiger partial charge in [0.1, 0.15) is 0 Å². The fourth-order valence-electron chi connectivity index (χ4n) is 2.43. The Morgan fingerprint density at radius 2 is 1.52 bits per heavy atom. The van der Waals surface area contributed by atoms with Crippen LogP contribution in [0.15, 0.2) is 48.5 Å². The molecule has 0 aliphatic heterocycles. The minimum absolute atomic E-state index is 0.159. The topological polar surface area (TPSA) is 113 Å². The normalized spacial score (nSPS) is 10.1. The van der Waals surface area contributed by atoms with Crippen molar-refractivity contribution in [3.05, 3.63) is 65.2 Å². The molecule has 0 spiro atoms. The van der Waals surface area contributed by atoms with Crippen LogP contribution in [0.2, 0.25) is 0 Å². The summed E-state index contributed by atoms with van der Waals surface area (Å²) in [6.45, 7) is 2.72. The van der Waals surface area contributed by atoms with Crippen LogP contribution in [0.1, 0.15) is 39.6 Å². The molecule has 0 saturated heterocycles. The molecule has 2 rings (SSSR count). The van der Waals surface area contributed by atoms with Crippen molar-refractivity contribution in [3.63, 3.8) is 0 Å². The number of anilines is 1. The predicted molar refractivity (Wildman–Crippen MR) is 104 cm³/mol. The van der Waals surface area contributed by atoms with Crippen molar-refractivity contribution in [1.29, 1.82) is 0 Å². The van der Waals surface area contributed by atoms with E-state index in [0.717, 1.165) is 5.56 Å². The van der Waals surface area contributed by atoms with Crippen molar-refractivity contribution in [2.75, 3.05) is 18.4 Å². The van der Waals surface area contributed by atoms with Gasteiger partial charge in [-0.25, -0.2) is 0 Å². The van der Waals surface area contributed by atoms with Crippen molar-refractivity contribution in [2.24, 2.45) is 5.73 Å². The van der Waals surface area contributed by atoms with E-state index < -0.39 is 0 Å². The number of carbonyl (C=O) groups excluding carboxylic acids is 3. The lowest BCUT2D eigenvalue weighted by atomic mass is 10.1. The zero-order valence-electron chi connectivity index (χ0n) is 15.2. The number of nitrogens with one attached hydrogen (secondary N) is 3. The highest BCUT2D eigenvalue weighted by Gasteiger charge is 2.07. The Labute approximate surface area is 158 Å². The molecule has 2 aromatic carbocycles. The van der Waals surface area contributed by atoms with Gasteiger partial charge in [-0.1, -0.05) is 18.2 Å². The zero-order chi connectivity index (χ0) is 19.6. The van der Waals surface area contributed by atoms with Gasteiger partial charge in [0.05, 0.1) is 0 Å². The summed E-state index contributed by atoms with van der Waals surface area (Å²) in [6.07, 6.45) is 0.601. The molecule has 7 heteroatoms. The first kappa shape index (κ1) is 20.1. The maximum absolute atomic E-state index is 12.1. The van der Waals surface area contributed by atoms with Gasteiger partial charge in [0.15, 0.2) is 0 Å². The van der Waals surface area contributed by atoms with Crippen LogP contribution in [0.25, 0.3) is 0 Å². The summed E-state index contributed by atoms with van der Waals surface area (Å²) < 4.78 is 0. The maximum atomic E-state index is 12.1. The standard InChI is InChI=1S/C20H24N4O3/c1-14(25)24-18-5-2-4-17(12-18)20(27)23-11-3-10-22-19(26)16-8-6-15(13-21)7-9-16/h2,4-9,12H,3,10-11,13,21H2,1H3,(H,22,26)(H,23,27)(H,24,25). The lowest BCUT2D eigenvalue weighted by molar-refractivity contribution is -0.114. The number of rotatable bonds is 8. The number of hydrogen-bond acceptors (Lipinski definition) is 4. The molecule has 27 heavy (non-hydrogen) atoms. The summed E-state index contributed by atoms with van der Waals surface area (Å²) in [4.78, 5) is 35.2. The predicted octanol–water partition coefficient (Wildman–Crippen LogP) is 1.65. The third-order valence-electron chi connectivity index (χ3n) is 3.82. The molecule has 2 aromatic rings. The van der Waals surface area contributed by atoms with Gasteiger partial charge < -0.3 is 21.7 Å². The van der Waals surface area contributed by atoms with E-state index >= 15 is 0 Å². The Hall–Kier alpha value is -3.19. The zero-order valence-corrected chi connectivity index (χ0v) is 15.2. The minimum Gasteiger partial charge on any atom is -0.352 e. The molecular weight excluding hydrogens is 344 g/mol. The summed E-state index contributed by atoms with van der Waals surface area (Å²) in [7, 11) is 0. The molecule has 7 nitrogen and oxygen atoms in total. The fraction of sp³-hybridized carbons (Fsp3) is 0.250. The van der Waals surface area contributed by atoms with E-state index in [4.69, 9.17) is 5.73 Å². The van der Waals surface area contributed by atoms with Crippen LogP contribution >= 0.6 is 0 Å². The average Bonchev–Trinajstić information content (AvgIpc) is 2.67. The summed E-state index contributed by atoms with van der Waals surface area (Å²) in [6, 6.07) is 13.8. The average molecular weight is 368 g/mol. The van der Waals surface area contributed by atoms with Crippen LogP contribution < -0.4 is 21.7 Å². The van der Waals surface area contributed by atoms with Crippen molar-refractivity contribution >= 4 is 23.4 Å². The molecule has 0 aliphatic carbocycles. The van der Waals surface area contributed by atoms with Gasteiger partial charge in [-0.2, -0.15) is 0 Å². The van der Waals surface area contributed by atoms with Crippen molar-refractivity contribution in [2.45, 2.75) is 19.9 Å². The van der Waals surface area contributed by atoms with Crippen LogP contribution in [-0.4, -0.2) is 30.8 Å². The second-order valence-electron chi connectivity index (χ2n) is 6.03. The number of nitrogens with two attached hydrogens (primary N) is 1. The van der Waals surface area contributed by atoms with Crippen molar-refractivity contribution in [1.82, 2.24) is 10.6 Å². The number of amides is 3. The fourth-order valence-corrected chi connectivity index (χ4v) is 2.43. The highest BCUT2D eigenvalue weighted by Crippen LogP contribution is 2.10. The van der Waals surface area contributed by atoms with Crippen LogP contribution in [0, 0.1) is 0 Å². The Bertz CT molecular complexity index is 803. The van der Waals surface area contributed by atoms with Crippen LogP contribution in [0.4, 0.5) is 5.69 Å². The van der Waals surface area contributed by atoms with Gasteiger partial charge in [-0.3, -0.25) is 14.4 Å². The quantitative estimate of drug-likeness (QED) is 0.531. The number of carbonyl (C=O) groups is 3. The van der Waals surface area contributed by atoms with E-state index in [1.165, 1.54) is 6.92 Å². The molecule has 0 radical (unpaired) electrons. The number of hydrogen-bond donors (Lipinski definition) is 4. The molecular formula is C20H24N4O3. The molecule has 0 aliphatic rings. The van der Waals surface area contributed by atoms with Crippen LogP contribution in [-0.2, 0) is 11.3 Å². The summed E-state index contributed by atoms with van der Waals surface area (Å²) in [5, 5.41) is 8.24. The first-order valence-corrected chi connectivity index (χ1v) is 8.72. The monoisotopic (exact) mass is 368 g/mol. The SMILES string of the molecule is CC(=O)Nc1cccc(C(=O)NCCCNC(=O)c2ccc(CN)cc2)c1. The van der Waals surface area contributed by atoms with Gasteiger partial charge in [-0.15, -0.1) is 0 Å². The molecule has 0 heterocycles. The lowest BCUT2D eigenvalue weighted by Gasteiger charge is -2.08. The third kappa shape index (κ3) is 6.56. The summed E-state index contributed by atoms with van der Waals surface area (Å²) in [5.74, 6) is -0.584. The van der Waals surface area contributed by atoms with Crippen LogP contribution in [0.3, 0.4) is 0 Å². The second-order valence-corrected chi connectivity index (χ2v) is 6.03.